The predicted octanol–water partition coefficient (Wildman–Crippen LogP) is 3.76. The molecule has 0 saturated carbocycles. The predicted molar refractivity (Wildman–Crippen MR) is 98.6 cm³/mol. The molecule has 6 heteroatoms. The zero-order valence-electron chi connectivity index (χ0n) is 15.1. The summed E-state index contributed by atoms with van der Waals surface area (Å²) < 4.78 is 13.0. The number of hydrogen-bond donors (Lipinski definition) is 2. The maximum absolute atomic E-state index is 13.0. The summed E-state index contributed by atoms with van der Waals surface area (Å²) in [6.07, 6.45) is 0. The maximum Gasteiger partial charge on any atom is 0.335 e. The standard InChI is InChI=1S/C20H23FN2O3/c1-20(2,3)23(12-14-4-6-15(7-5-14)19(25)26)13-18(24)22-17-10-8-16(21)9-11-17/h4-11H,12-13H2,1-3H3,(H,22,24)(H,25,26). The second-order valence-corrected chi connectivity index (χ2v) is 7.08. The van der Waals surface area contributed by atoms with Gasteiger partial charge in [0.15, 0.2) is 0 Å². The van der Waals surface area contributed by atoms with E-state index in [9.17, 15) is 14.0 Å². The van der Waals surface area contributed by atoms with Crippen molar-refractivity contribution in [1.82, 2.24) is 4.90 Å². The van der Waals surface area contributed by atoms with Gasteiger partial charge in [-0.1, -0.05) is 12.1 Å². The van der Waals surface area contributed by atoms with E-state index in [0.29, 0.717) is 12.2 Å². The molecule has 0 fully saturated rings. The van der Waals surface area contributed by atoms with Gasteiger partial charge in [-0.2, -0.15) is 0 Å². The molecule has 5 nitrogen and oxygen atoms in total. The van der Waals surface area contributed by atoms with Crippen molar-refractivity contribution in [2.75, 3.05) is 11.9 Å². The van der Waals surface area contributed by atoms with Crippen LogP contribution in [0.5, 0.6) is 0 Å². The summed E-state index contributed by atoms with van der Waals surface area (Å²) in [5.74, 6) is -1.53. The van der Waals surface area contributed by atoms with E-state index in [1.165, 1.54) is 24.3 Å². The zero-order valence-corrected chi connectivity index (χ0v) is 15.1. The number of nitrogens with one attached hydrogen (secondary N) is 1. The van der Waals surface area contributed by atoms with Gasteiger partial charge in [-0.25, -0.2) is 9.18 Å². The van der Waals surface area contributed by atoms with Gasteiger partial charge in [0.25, 0.3) is 0 Å². The maximum atomic E-state index is 13.0. The van der Waals surface area contributed by atoms with Crippen molar-refractivity contribution in [2.24, 2.45) is 0 Å². The molecule has 0 spiro atoms. The van der Waals surface area contributed by atoms with E-state index in [4.69, 9.17) is 5.11 Å². The van der Waals surface area contributed by atoms with Gasteiger partial charge in [-0.15, -0.1) is 0 Å². The summed E-state index contributed by atoms with van der Waals surface area (Å²) in [5.41, 5.74) is 1.41. The Hall–Kier alpha value is -2.73. The van der Waals surface area contributed by atoms with Crippen LogP contribution in [0.2, 0.25) is 0 Å². The Morgan fingerprint density at radius 2 is 1.62 bits per heavy atom. The molecule has 2 aromatic carbocycles. The first kappa shape index (κ1) is 19.6. The Morgan fingerprint density at radius 3 is 2.12 bits per heavy atom. The third kappa shape index (κ3) is 5.67. The normalized spacial score (nSPS) is 11.4. The van der Waals surface area contributed by atoms with Crippen molar-refractivity contribution in [3.63, 3.8) is 0 Å². The number of aromatic carboxylic acids is 1. The summed E-state index contributed by atoms with van der Waals surface area (Å²) in [5, 5.41) is 11.7. The number of rotatable bonds is 6. The molecule has 0 atom stereocenters. The summed E-state index contributed by atoms with van der Waals surface area (Å²) in [4.78, 5) is 25.3. The molecule has 2 aromatic rings. The van der Waals surface area contributed by atoms with E-state index in [2.05, 4.69) is 5.32 Å². The number of carboxylic acid groups (broad SMARTS) is 1. The highest BCUT2D eigenvalue weighted by atomic mass is 19.1. The smallest absolute Gasteiger partial charge is 0.335 e. The first-order chi connectivity index (χ1) is 12.1. The minimum atomic E-state index is -0.970. The summed E-state index contributed by atoms with van der Waals surface area (Å²) in [7, 11) is 0. The first-order valence-corrected chi connectivity index (χ1v) is 8.28. The van der Waals surface area contributed by atoms with E-state index in [0.717, 1.165) is 5.56 Å². The Balaban J connectivity index is 2.06. The molecule has 2 rings (SSSR count). The van der Waals surface area contributed by atoms with E-state index in [1.807, 2.05) is 25.7 Å². The van der Waals surface area contributed by atoms with Gasteiger partial charge in [0, 0.05) is 17.8 Å². The molecule has 0 aliphatic carbocycles. The number of benzene rings is 2. The number of halogens is 1. The Bertz CT molecular complexity index is 765. The van der Waals surface area contributed by atoms with Gasteiger partial charge in [-0.05, 0) is 62.7 Å². The lowest BCUT2D eigenvalue weighted by Crippen LogP contribution is -2.45. The topological polar surface area (TPSA) is 69.6 Å². The molecular formula is C20H23FN2O3. The van der Waals surface area contributed by atoms with Crippen molar-refractivity contribution >= 4 is 17.6 Å². The lowest BCUT2D eigenvalue weighted by Gasteiger charge is -2.35. The van der Waals surface area contributed by atoms with Gasteiger partial charge in [0.1, 0.15) is 5.82 Å². The van der Waals surface area contributed by atoms with Crippen LogP contribution in [-0.4, -0.2) is 34.0 Å². The molecule has 0 aromatic heterocycles. The number of carbonyl (C=O) groups is 2. The molecule has 0 radical (unpaired) electrons. The van der Waals surface area contributed by atoms with Crippen LogP contribution >= 0.6 is 0 Å². The first-order valence-electron chi connectivity index (χ1n) is 8.28. The minimum absolute atomic E-state index is 0.154. The molecule has 0 heterocycles. The summed E-state index contributed by atoms with van der Waals surface area (Å²) >= 11 is 0. The average Bonchev–Trinajstić information content (AvgIpc) is 2.56. The number of nitrogens with zero attached hydrogens (tertiary/aromatic N) is 1. The Morgan fingerprint density at radius 1 is 1.04 bits per heavy atom. The van der Waals surface area contributed by atoms with Gasteiger partial charge in [-0.3, -0.25) is 9.69 Å². The molecule has 0 saturated heterocycles. The fourth-order valence-electron chi connectivity index (χ4n) is 2.41. The van der Waals surface area contributed by atoms with Crippen LogP contribution in [0.3, 0.4) is 0 Å². The van der Waals surface area contributed by atoms with Crippen LogP contribution in [0, 0.1) is 5.82 Å². The van der Waals surface area contributed by atoms with E-state index in [1.54, 1.807) is 24.3 Å². The highest BCUT2D eigenvalue weighted by Gasteiger charge is 2.24. The molecule has 1 amide bonds. The largest absolute Gasteiger partial charge is 0.478 e. The van der Waals surface area contributed by atoms with Crippen LogP contribution in [-0.2, 0) is 11.3 Å². The summed E-state index contributed by atoms with van der Waals surface area (Å²) in [6, 6.07) is 12.2. The SMILES string of the molecule is CC(C)(C)N(CC(=O)Nc1ccc(F)cc1)Cc1ccc(C(=O)O)cc1. The van der Waals surface area contributed by atoms with Gasteiger partial charge >= 0.3 is 5.97 Å². The monoisotopic (exact) mass is 358 g/mol. The second kappa shape index (κ2) is 8.10. The third-order valence-corrected chi connectivity index (χ3v) is 3.99. The van der Waals surface area contributed by atoms with Crippen LogP contribution in [0.25, 0.3) is 0 Å². The number of carbonyl (C=O) groups excluding carboxylic acids is 1. The lowest BCUT2D eigenvalue weighted by atomic mass is 10.0. The van der Waals surface area contributed by atoms with Crippen molar-refractivity contribution in [1.29, 1.82) is 0 Å². The molecular weight excluding hydrogens is 335 g/mol. The Kier molecular flexibility index (Phi) is 6.10. The molecule has 138 valence electrons. The van der Waals surface area contributed by atoms with E-state index < -0.39 is 5.97 Å². The minimum Gasteiger partial charge on any atom is -0.478 e. The average molecular weight is 358 g/mol. The van der Waals surface area contributed by atoms with Gasteiger partial charge in [0.05, 0.1) is 12.1 Å². The molecule has 0 unspecified atom stereocenters. The van der Waals surface area contributed by atoms with E-state index in [-0.39, 0.29) is 29.4 Å². The van der Waals surface area contributed by atoms with Crippen molar-refractivity contribution in [3.05, 3.63) is 65.5 Å². The fraction of sp³-hybridized carbons (Fsp3) is 0.300. The molecule has 0 bridgehead atoms. The van der Waals surface area contributed by atoms with Gasteiger partial charge < -0.3 is 10.4 Å². The molecule has 0 aliphatic rings. The zero-order chi connectivity index (χ0) is 19.3. The third-order valence-electron chi connectivity index (χ3n) is 3.99. The number of carboxylic acids is 1. The lowest BCUT2D eigenvalue weighted by molar-refractivity contribution is -0.118. The Labute approximate surface area is 152 Å². The quantitative estimate of drug-likeness (QED) is 0.825. The van der Waals surface area contributed by atoms with Crippen LogP contribution in [0.1, 0.15) is 36.7 Å². The van der Waals surface area contributed by atoms with Crippen molar-refractivity contribution in [2.45, 2.75) is 32.9 Å². The van der Waals surface area contributed by atoms with Crippen molar-refractivity contribution < 1.29 is 19.1 Å². The molecule has 26 heavy (non-hydrogen) atoms. The van der Waals surface area contributed by atoms with Crippen molar-refractivity contribution in [3.8, 4) is 0 Å². The number of anilines is 1. The second-order valence-electron chi connectivity index (χ2n) is 7.08. The van der Waals surface area contributed by atoms with Gasteiger partial charge in [0.2, 0.25) is 5.91 Å². The molecule has 0 aliphatic heterocycles. The highest BCUT2D eigenvalue weighted by molar-refractivity contribution is 5.92. The number of hydrogen-bond acceptors (Lipinski definition) is 3. The molecule has 2 N–H and O–H groups in total. The van der Waals surface area contributed by atoms with Crippen LogP contribution in [0.15, 0.2) is 48.5 Å². The van der Waals surface area contributed by atoms with E-state index >= 15 is 0 Å². The van der Waals surface area contributed by atoms with Crippen LogP contribution < -0.4 is 5.32 Å². The van der Waals surface area contributed by atoms with Crippen LogP contribution in [0.4, 0.5) is 10.1 Å². The highest BCUT2D eigenvalue weighted by Crippen LogP contribution is 2.18. The summed E-state index contributed by atoms with van der Waals surface area (Å²) in [6.45, 7) is 6.67. The number of amides is 1. The fourth-order valence-corrected chi connectivity index (χ4v) is 2.41.